The highest BCUT2D eigenvalue weighted by Gasteiger charge is 2.42. The lowest BCUT2D eigenvalue weighted by atomic mass is 9.83. The maximum absolute atomic E-state index is 12.5. The molecule has 2 atom stereocenters. The van der Waals surface area contributed by atoms with E-state index >= 15 is 0 Å². The van der Waals surface area contributed by atoms with Crippen LogP contribution >= 0.6 is 15.9 Å². The minimum Gasteiger partial charge on any atom is -0.465 e. The molecule has 190 valence electrons. The summed E-state index contributed by atoms with van der Waals surface area (Å²) < 4.78 is 31.9. The molecule has 0 heterocycles. The summed E-state index contributed by atoms with van der Waals surface area (Å²) in [6, 6.07) is 0. The smallest absolute Gasteiger partial charge is 0.465 e. The van der Waals surface area contributed by atoms with E-state index in [1.807, 2.05) is 13.5 Å². The number of halogens is 1. The predicted octanol–water partition coefficient (Wildman–Crippen LogP) is 3.16. The topological polar surface area (TPSA) is 89.5 Å². The highest BCUT2D eigenvalue weighted by atomic mass is 79.9. The second-order valence-electron chi connectivity index (χ2n) is 8.55. The van der Waals surface area contributed by atoms with Gasteiger partial charge in [-0.15, -0.1) is 0 Å². The van der Waals surface area contributed by atoms with Crippen LogP contribution in [0.3, 0.4) is 0 Å². The van der Waals surface area contributed by atoms with E-state index in [1.165, 1.54) is 0 Å². The van der Waals surface area contributed by atoms with Crippen LogP contribution in [0.15, 0.2) is 0 Å². The first-order chi connectivity index (χ1) is 14.9. The summed E-state index contributed by atoms with van der Waals surface area (Å²) >= 11 is 3.44. The Morgan fingerprint density at radius 3 is 2.09 bits per heavy atom. The van der Waals surface area contributed by atoms with Gasteiger partial charge in [-0.3, -0.25) is 9.59 Å². The number of esters is 2. The van der Waals surface area contributed by atoms with Gasteiger partial charge in [0.05, 0.1) is 31.8 Å². The molecule has 0 aromatic rings. The van der Waals surface area contributed by atoms with Crippen LogP contribution in [-0.4, -0.2) is 75.2 Å². The standard InChI is InChI=1S/C21H43BrO8Si2/c1-7-9-10-11-12-26-19(24)21(5,22)17-20(3,4)18(23)27-15-13-25-14-16-29-32(6,30-31)28-8-2/h7-17H2,1-6,31H3. The number of hydrogen-bond donors (Lipinski definition) is 0. The molecule has 0 saturated heterocycles. The molecule has 0 rings (SSSR count). The van der Waals surface area contributed by atoms with Crippen LogP contribution in [0.2, 0.25) is 6.55 Å². The normalized spacial score (nSPS) is 15.7. The van der Waals surface area contributed by atoms with Gasteiger partial charge in [-0.05, 0) is 40.5 Å². The molecule has 0 spiro atoms. The van der Waals surface area contributed by atoms with E-state index in [0.717, 1.165) is 25.7 Å². The third-order valence-electron chi connectivity index (χ3n) is 4.81. The third kappa shape index (κ3) is 13.4. The van der Waals surface area contributed by atoms with Gasteiger partial charge in [0.2, 0.25) is 0 Å². The van der Waals surface area contributed by atoms with Crippen LogP contribution in [0.1, 0.15) is 66.7 Å². The molecule has 0 radical (unpaired) electrons. The van der Waals surface area contributed by atoms with Crippen molar-refractivity contribution in [2.24, 2.45) is 5.41 Å². The van der Waals surface area contributed by atoms with E-state index in [1.54, 1.807) is 20.8 Å². The number of unbranched alkanes of at least 4 members (excludes halogenated alkanes) is 3. The highest BCUT2D eigenvalue weighted by Crippen LogP contribution is 2.36. The quantitative estimate of drug-likeness (QED) is 0.103. The maximum atomic E-state index is 12.5. The number of hydrogen-bond acceptors (Lipinski definition) is 8. The van der Waals surface area contributed by atoms with Gasteiger partial charge in [0.25, 0.3) is 0 Å². The third-order valence-corrected chi connectivity index (χ3v) is 9.93. The zero-order valence-corrected chi connectivity index (χ0v) is 25.5. The largest absolute Gasteiger partial charge is 0.486 e. The van der Waals surface area contributed by atoms with Crippen molar-refractivity contribution in [2.75, 3.05) is 39.6 Å². The average Bonchev–Trinajstić information content (AvgIpc) is 2.72. The molecule has 0 aliphatic heterocycles. The predicted molar refractivity (Wildman–Crippen MR) is 133 cm³/mol. The molecule has 0 N–H and O–H groups in total. The Morgan fingerprint density at radius 2 is 1.50 bits per heavy atom. The number of alkyl halides is 1. The fraction of sp³-hybridized carbons (Fsp3) is 0.905. The van der Waals surface area contributed by atoms with Crippen LogP contribution < -0.4 is 0 Å². The summed E-state index contributed by atoms with van der Waals surface area (Å²) in [6.45, 7) is 13.1. The van der Waals surface area contributed by atoms with Crippen molar-refractivity contribution < 1.29 is 36.8 Å². The number of carbonyl (C=O) groups is 2. The van der Waals surface area contributed by atoms with Gasteiger partial charge in [-0.1, -0.05) is 42.1 Å². The first kappa shape index (κ1) is 31.7. The van der Waals surface area contributed by atoms with E-state index in [4.69, 9.17) is 27.2 Å². The molecule has 0 fully saturated rings. The van der Waals surface area contributed by atoms with Crippen molar-refractivity contribution in [2.45, 2.75) is 77.6 Å². The molecular weight excluding hydrogens is 516 g/mol. The highest BCUT2D eigenvalue weighted by molar-refractivity contribution is 9.10. The van der Waals surface area contributed by atoms with Crippen LogP contribution in [0.4, 0.5) is 0 Å². The summed E-state index contributed by atoms with van der Waals surface area (Å²) in [5.74, 6) is -0.751. The molecule has 0 bridgehead atoms. The SMILES string of the molecule is CCCCCCOC(=O)C(C)(Br)CC(C)(C)C(=O)OCCOCCO[Si](C)(O[SiH3])OCC. The van der Waals surface area contributed by atoms with Crippen molar-refractivity contribution in [3.8, 4) is 0 Å². The lowest BCUT2D eigenvalue weighted by Crippen LogP contribution is -2.42. The second kappa shape index (κ2) is 16.3. The first-order valence-electron chi connectivity index (χ1n) is 11.4. The van der Waals surface area contributed by atoms with Crippen LogP contribution in [0, 0.1) is 5.41 Å². The minimum absolute atomic E-state index is 0.125. The molecule has 11 heteroatoms. The Hall–Kier alpha value is -0.306. The fourth-order valence-electron chi connectivity index (χ4n) is 3.02. The molecule has 0 aromatic heterocycles. The Balaban J connectivity index is 4.23. The maximum Gasteiger partial charge on any atom is 0.486 e. The summed E-state index contributed by atoms with van der Waals surface area (Å²) in [5.41, 5.74) is -0.865. The average molecular weight is 560 g/mol. The number of carbonyl (C=O) groups excluding carboxylic acids is 2. The van der Waals surface area contributed by atoms with E-state index < -0.39 is 18.5 Å². The Kier molecular flexibility index (Phi) is 16.2. The van der Waals surface area contributed by atoms with Crippen molar-refractivity contribution in [1.82, 2.24) is 0 Å². The van der Waals surface area contributed by atoms with Crippen molar-refractivity contribution in [3.05, 3.63) is 0 Å². The van der Waals surface area contributed by atoms with Gasteiger partial charge in [0.1, 0.15) is 21.4 Å². The summed E-state index contributed by atoms with van der Waals surface area (Å²) in [7, 11) is -1.98. The molecule has 2 unspecified atom stereocenters. The molecule has 0 aliphatic rings. The molecule has 8 nitrogen and oxygen atoms in total. The van der Waals surface area contributed by atoms with E-state index in [0.29, 0.717) is 36.9 Å². The molecule has 32 heavy (non-hydrogen) atoms. The number of ether oxygens (including phenoxy) is 3. The molecule has 0 saturated carbocycles. The van der Waals surface area contributed by atoms with Crippen LogP contribution in [0.25, 0.3) is 0 Å². The molecule has 0 aromatic carbocycles. The second-order valence-corrected chi connectivity index (χ2v) is 14.2. The van der Waals surface area contributed by atoms with E-state index in [2.05, 4.69) is 22.9 Å². The van der Waals surface area contributed by atoms with Gasteiger partial charge in [-0.2, -0.15) is 0 Å². The first-order valence-corrected chi connectivity index (χ1v) is 15.2. The van der Waals surface area contributed by atoms with Gasteiger partial charge >= 0.3 is 20.7 Å². The van der Waals surface area contributed by atoms with E-state index in [-0.39, 0.29) is 31.6 Å². The summed E-state index contributed by atoms with van der Waals surface area (Å²) in [6.07, 6.45) is 4.39. The monoisotopic (exact) mass is 558 g/mol. The Labute approximate surface area is 206 Å². The van der Waals surface area contributed by atoms with Gasteiger partial charge in [0, 0.05) is 13.2 Å². The van der Waals surface area contributed by atoms with Crippen molar-refractivity contribution >= 4 is 47.2 Å². The lowest BCUT2D eigenvalue weighted by molar-refractivity contribution is -0.157. The zero-order valence-electron chi connectivity index (χ0n) is 20.9. The fourth-order valence-corrected chi connectivity index (χ4v) is 5.84. The van der Waals surface area contributed by atoms with Crippen molar-refractivity contribution in [1.29, 1.82) is 0 Å². The van der Waals surface area contributed by atoms with Gasteiger partial charge in [0.15, 0.2) is 0 Å². The molecule has 0 aliphatic carbocycles. The van der Waals surface area contributed by atoms with Gasteiger partial charge in [-0.25, -0.2) is 0 Å². The molecule has 0 amide bonds. The lowest BCUT2D eigenvalue weighted by Gasteiger charge is -2.30. The minimum atomic E-state index is -2.53. The van der Waals surface area contributed by atoms with Gasteiger partial charge < -0.3 is 27.2 Å². The summed E-state index contributed by atoms with van der Waals surface area (Å²) in [5, 5.41) is 0. The number of rotatable bonds is 19. The Bertz CT molecular complexity index is 548. The Morgan fingerprint density at radius 1 is 0.875 bits per heavy atom. The zero-order chi connectivity index (χ0) is 24.7. The van der Waals surface area contributed by atoms with Crippen LogP contribution in [0.5, 0.6) is 0 Å². The van der Waals surface area contributed by atoms with Crippen molar-refractivity contribution in [3.63, 3.8) is 0 Å². The molecular formula is C21H43BrO8Si2. The van der Waals surface area contributed by atoms with E-state index in [9.17, 15) is 9.59 Å². The van der Waals surface area contributed by atoms with Crippen LogP contribution in [-0.2, 0) is 36.8 Å². The summed E-state index contributed by atoms with van der Waals surface area (Å²) in [4.78, 5) is 25.0.